The van der Waals surface area contributed by atoms with Crippen LogP contribution in [0.25, 0.3) is 6.08 Å². The van der Waals surface area contributed by atoms with Crippen molar-refractivity contribution in [1.82, 2.24) is 4.90 Å². The molecule has 0 unspecified atom stereocenters. The largest absolute Gasteiger partial charge is 0.395 e. The third-order valence-corrected chi connectivity index (χ3v) is 2.82. The summed E-state index contributed by atoms with van der Waals surface area (Å²) >= 11 is 0. The molecule has 1 aromatic rings. The Morgan fingerprint density at radius 1 is 1.24 bits per heavy atom. The Balaban J connectivity index is 2.66. The maximum atomic E-state index is 12.0. The van der Waals surface area contributed by atoms with Gasteiger partial charge in [-0.3, -0.25) is 9.59 Å². The molecule has 1 rings (SSSR count). The van der Waals surface area contributed by atoms with E-state index >= 15 is 0 Å². The van der Waals surface area contributed by atoms with Crippen LogP contribution in [0.15, 0.2) is 30.3 Å². The van der Waals surface area contributed by atoms with E-state index in [0.29, 0.717) is 13.1 Å². The van der Waals surface area contributed by atoms with Gasteiger partial charge in [-0.25, -0.2) is 0 Å². The summed E-state index contributed by atoms with van der Waals surface area (Å²) < 4.78 is 0. The van der Waals surface area contributed by atoms with Crippen LogP contribution in [0.5, 0.6) is 0 Å². The normalized spacial score (nSPS) is 10.6. The maximum Gasteiger partial charge on any atom is 0.246 e. The fraction of sp³-hybridized carbons (Fsp3) is 0.375. The lowest BCUT2D eigenvalue weighted by Gasteiger charge is -2.18. The standard InChI is InChI=1S/C16H22N2O3/c1-3-10-18(11-12-19)16(21)9-6-14-4-7-15(8-5-14)17-13(2)20/h4-9,19H,3,10-12H2,1-2H3,(H,17,20)/b9-6+. The molecule has 0 spiro atoms. The van der Waals surface area contributed by atoms with E-state index in [0.717, 1.165) is 17.7 Å². The Bertz CT molecular complexity index is 489. The number of rotatable bonds is 7. The number of aliphatic hydroxyl groups is 1. The monoisotopic (exact) mass is 290 g/mol. The quantitative estimate of drug-likeness (QED) is 0.753. The molecule has 21 heavy (non-hydrogen) atoms. The Kier molecular flexibility index (Phi) is 7.18. The lowest BCUT2D eigenvalue weighted by molar-refractivity contribution is -0.126. The van der Waals surface area contributed by atoms with Crippen molar-refractivity contribution in [1.29, 1.82) is 0 Å². The molecule has 2 N–H and O–H groups in total. The molecule has 0 radical (unpaired) electrons. The molecule has 0 aromatic heterocycles. The van der Waals surface area contributed by atoms with Crippen molar-refractivity contribution in [2.45, 2.75) is 20.3 Å². The van der Waals surface area contributed by atoms with Crippen LogP contribution < -0.4 is 5.32 Å². The first-order chi connectivity index (χ1) is 10.1. The molecule has 0 heterocycles. The average Bonchev–Trinajstić information content (AvgIpc) is 2.45. The molecule has 0 aliphatic carbocycles. The van der Waals surface area contributed by atoms with Crippen LogP contribution >= 0.6 is 0 Å². The molecule has 0 saturated heterocycles. The van der Waals surface area contributed by atoms with Crippen molar-refractivity contribution < 1.29 is 14.7 Å². The number of amides is 2. The zero-order valence-electron chi connectivity index (χ0n) is 12.5. The molecular weight excluding hydrogens is 268 g/mol. The Morgan fingerprint density at radius 2 is 1.90 bits per heavy atom. The van der Waals surface area contributed by atoms with Gasteiger partial charge in [0.05, 0.1) is 6.61 Å². The van der Waals surface area contributed by atoms with Crippen LogP contribution in [0.3, 0.4) is 0 Å². The fourth-order valence-corrected chi connectivity index (χ4v) is 1.88. The van der Waals surface area contributed by atoms with E-state index in [1.165, 1.54) is 13.0 Å². The SMILES string of the molecule is CCCN(CCO)C(=O)/C=C/c1ccc(NC(C)=O)cc1. The summed E-state index contributed by atoms with van der Waals surface area (Å²) in [4.78, 5) is 24.5. The summed E-state index contributed by atoms with van der Waals surface area (Å²) in [5, 5.41) is 11.6. The van der Waals surface area contributed by atoms with Gasteiger partial charge in [-0.05, 0) is 30.2 Å². The van der Waals surface area contributed by atoms with Crippen LogP contribution in [-0.4, -0.2) is 41.5 Å². The highest BCUT2D eigenvalue weighted by Gasteiger charge is 2.08. The molecule has 0 fully saturated rings. The van der Waals surface area contributed by atoms with Crippen LogP contribution in [0, 0.1) is 0 Å². The van der Waals surface area contributed by atoms with E-state index in [-0.39, 0.29) is 18.4 Å². The van der Waals surface area contributed by atoms with Gasteiger partial charge in [-0.2, -0.15) is 0 Å². The molecule has 0 aliphatic heterocycles. The molecule has 0 aliphatic rings. The van der Waals surface area contributed by atoms with Gasteiger partial charge in [0.1, 0.15) is 0 Å². The van der Waals surface area contributed by atoms with Gasteiger partial charge in [0.15, 0.2) is 0 Å². The summed E-state index contributed by atoms with van der Waals surface area (Å²) in [6, 6.07) is 7.21. The predicted octanol–water partition coefficient (Wildman–Crippen LogP) is 1.89. The smallest absolute Gasteiger partial charge is 0.246 e. The summed E-state index contributed by atoms with van der Waals surface area (Å²) in [6.45, 7) is 4.38. The van der Waals surface area contributed by atoms with E-state index in [2.05, 4.69) is 5.32 Å². The van der Waals surface area contributed by atoms with Gasteiger partial charge in [0, 0.05) is 31.8 Å². The number of nitrogens with zero attached hydrogens (tertiary/aromatic N) is 1. The summed E-state index contributed by atoms with van der Waals surface area (Å²) in [5.41, 5.74) is 1.59. The zero-order chi connectivity index (χ0) is 15.7. The van der Waals surface area contributed by atoms with Crippen molar-refractivity contribution in [3.05, 3.63) is 35.9 Å². The molecule has 0 atom stereocenters. The van der Waals surface area contributed by atoms with Gasteiger partial charge in [0.2, 0.25) is 11.8 Å². The minimum absolute atomic E-state index is 0.0367. The highest BCUT2D eigenvalue weighted by Crippen LogP contribution is 2.11. The first-order valence-electron chi connectivity index (χ1n) is 7.02. The molecule has 5 heteroatoms. The van der Waals surface area contributed by atoms with Crippen molar-refractivity contribution in [3.63, 3.8) is 0 Å². The summed E-state index contributed by atoms with van der Waals surface area (Å²) in [5.74, 6) is -0.232. The third-order valence-electron chi connectivity index (χ3n) is 2.82. The Morgan fingerprint density at radius 3 is 2.43 bits per heavy atom. The van der Waals surface area contributed by atoms with E-state index in [9.17, 15) is 9.59 Å². The van der Waals surface area contributed by atoms with Crippen LogP contribution in [0.4, 0.5) is 5.69 Å². The van der Waals surface area contributed by atoms with Crippen molar-refractivity contribution in [3.8, 4) is 0 Å². The van der Waals surface area contributed by atoms with Crippen molar-refractivity contribution in [2.24, 2.45) is 0 Å². The number of nitrogens with one attached hydrogen (secondary N) is 1. The number of anilines is 1. The first kappa shape index (κ1) is 16.9. The van der Waals surface area contributed by atoms with Crippen LogP contribution in [0.1, 0.15) is 25.8 Å². The van der Waals surface area contributed by atoms with Crippen molar-refractivity contribution >= 4 is 23.6 Å². The van der Waals surface area contributed by atoms with Crippen LogP contribution in [-0.2, 0) is 9.59 Å². The topological polar surface area (TPSA) is 69.6 Å². The molecule has 5 nitrogen and oxygen atoms in total. The highest BCUT2D eigenvalue weighted by molar-refractivity contribution is 5.92. The number of hydrogen-bond donors (Lipinski definition) is 2. The Labute approximate surface area is 125 Å². The molecule has 1 aromatic carbocycles. The second-order valence-corrected chi connectivity index (χ2v) is 4.69. The molecule has 0 saturated carbocycles. The number of carbonyl (C=O) groups is 2. The number of carbonyl (C=O) groups excluding carboxylic acids is 2. The van der Waals surface area contributed by atoms with Gasteiger partial charge in [0.25, 0.3) is 0 Å². The summed E-state index contributed by atoms with van der Waals surface area (Å²) in [6.07, 6.45) is 4.07. The van der Waals surface area contributed by atoms with Gasteiger partial charge in [-0.15, -0.1) is 0 Å². The fourth-order valence-electron chi connectivity index (χ4n) is 1.88. The lowest BCUT2D eigenvalue weighted by atomic mass is 10.2. The highest BCUT2D eigenvalue weighted by atomic mass is 16.3. The molecular formula is C16H22N2O3. The van der Waals surface area contributed by atoms with E-state index in [1.807, 2.05) is 19.1 Å². The number of benzene rings is 1. The predicted molar refractivity (Wildman–Crippen MR) is 83.7 cm³/mol. The van der Waals surface area contributed by atoms with E-state index in [4.69, 9.17) is 5.11 Å². The minimum atomic E-state index is -0.118. The van der Waals surface area contributed by atoms with Crippen molar-refractivity contribution in [2.75, 3.05) is 25.0 Å². The van der Waals surface area contributed by atoms with E-state index in [1.54, 1.807) is 23.1 Å². The van der Waals surface area contributed by atoms with Crippen LogP contribution in [0.2, 0.25) is 0 Å². The van der Waals surface area contributed by atoms with Gasteiger partial charge in [-0.1, -0.05) is 19.1 Å². The summed E-state index contributed by atoms with van der Waals surface area (Å²) in [7, 11) is 0. The minimum Gasteiger partial charge on any atom is -0.395 e. The molecule has 0 bridgehead atoms. The number of hydrogen-bond acceptors (Lipinski definition) is 3. The maximum absolute atomic E-state index is 12.0. The molecule has 2 amide bonds. The second kappa shape index (κ2) is 8.92. The molecule has 114 valence electrons. The van der Waals surface area contributed by atoms with E-state index < -0.39 is 0 Å². The first-order valence-corrected chi connectivity index (χ1v) is 7.02. The zero-order valence-corrected chi connectivity index (χ0v) is 12.5. The Hall–Kier alpha value is -2.14. The van der Waals surface area contributed by atoms with Gasteiger partial charge < -0.3 is 15.3 Å². The number of aliphatic hydroxyl groups excluding tert-OH is 1. The lowest BCUT2D eigenvalue weighted by Crippen LogP contribution is -2.32. The third kappa shape index (κ3) is 6.23. The average molecular weight is 290 g/mol. The second-order valence-electron chi connectivity index (χ2n) is 4.69. The van der Waals surface area contributed by atoms with Gasteiger partial charge >= 0.3 is 0 Å².